The summed E-state index contributed by atoms with van der Waals surface area (Å²) in [5.74, 6) is 3.48. The van der Waals surface area contributed by atoms with Crippen molar-refractivity contribution in [1.29, 1.82) is 0 Å². The SMILES string of the molecule is CC(CCN1CCS(=O)CC1)C1CCCNC1. The van der Waals surface area contributed by atoms with E-state index in [1.54, 1.807) is 0 Å². The van der Waals surface area contributed by atoms with Crippen LogP contribution in [0.2, 0.25) is 0 Å². The van der Waals surface area contributed by atoms with Gasteiger partial charge in [0.15, 0.2) is 0 Å². The van der Waals surface area contributed by atoms with E-state index in [-0.39, 0.29) is 0 Å². The van der Waals surface area contributed by atoms with Crippen molar-refractivity contribution in [2.75, 3.05) is 44.2 Å². The maximum absolute atomic E-state index is 11.3. The average molecular weight is 258 g/mol. The molecule has 0 bridgehead atoms. The molecule has 0 aromatic heterocycles. The lowest BCUT2D eigenvalue weighted by molar-refractivity contribution is 0.221. The van der Waals surface area contributed by atoms with Crippen molar-refractivity contribution < 1.29 is 4.21 Å². The first-order valence-corrected chi connectivity index (χ1v) is 8.52. The Kier molecular flexibility index (Phi) is 5.45. The Morgan fingerprint density at radius 2 is 2.18 bits per heavy atom. The van der Waals surface area contributed by atoms with Crippen molar-refractivity contribution in [1.82, 2.24) is 10.2 Å². The van der Waals surface area contributed by atoms with Gasteiger partial charge in [-0.2, -0.15) is 0 Å². The molecular weight excluding hydrogens is 232 g/mol. The number of nitrogens with zero attached hydrogens (tertiary/aromatic N) is 1. The number of hydrogen-bond donors (Lipinski definition) is 1. The molecule has 0 aromatic carbocycles. The highest BCUT2D eigenvalue weighted by atomic mass is 32.2. The van der Waals surface area contributed by atoms with Crippen molar-refractivity contribution in [2.24, 2.45) is 11.8 Å². The summed E-state index contributed by atoms with van der Waals surface area (Å²) in [6.07, 6.45) is 4.05. The summed E-state index contributed by atoms with van der Waals surface area (Å²) in [4.78, 5) is 2.49. The topological polar surface area (TPSA) is 32.3 Å². The van der Waals surface area contributed by atoms with Crippen molar-refractivity contribution in [3.05, 3.63) is 0 Å². The van der Waals surface area contributed by atoms with E-state index >= 15 is 0 Å². The van der Waals surface area contributed by atoms with Gasteiger partial charge < -0.3 is 10.2 Å². The third-order valence-electron chi connectivity index (χ3n) is 4.31. The summed E-state index contributed by atoms with van der Waals surface area (Å²) in [5, 5.41) is 3.51. The van der Waals surface area contributed by atoms with Gasteiger partial charge in [-0.05, 0) is 50.7 Å². The Labute approximate surface area is 108 Å². The molecule has 2 atom stereocenters. The predicted molar refractivity (Wildman–Crippen MR) is 73.7 cm³/mol. The van der Waals surface area contributed by atoms with E-state index < -0.39 is 10.8 Å². The van der Waals surface area contributed by atoms with Crippen LogP contribution in [0.15, 0.2) is 0 Å². The van der Waals surface area contributed by atoms with Crippen LogP contribution in [0.5, 0.6) is 0 Å². The van der Waals surface area contributed by atoms with Gasteiger partial charge in [0.1, 0.15) is 0 Å². The number of hydrogen-bond acceptors (Lipinski definition) is 3. The zero-order valence-corrected chi connectivity index (χ0v) is 11.8. The van der Waals surface area contributed by atoms with E-state index in [0.29, 0.717) is 0 Å². The molecule has 2 unspecified atom stereocenters. The lowest BCUT2D eigenvalue weighted by Crippen LogP contribution is -2.40. The largest absolute Gasteiger partial charge is 0.316 e. The maximum Gasteiger partial charge on any atom is 0.0363 e. The smallest absolute Gasteiger partial charge is 0.0363 e. The van der Waals surface area contributed by atoms with Crippen LogP contribution in [0.1, 0.15) is 26.2 Å². The first-order chi connectivity index (χ1) is 8.25. The molecule has 0 amide bonds. The van der Waals surface area contributed by atoms with E-state index in [1.807, 2.05) is 0 Å². The molecule has 2 fully saturated rings. The van der Waals surface area contributed by atoms with E-state index in [1.165, 1.54) is 38.9 Å². The van der Waals surface area contributed by atoms with Crippen LogP contribution >= 0.6 is 0 Å². The van der Waals surface area contributed by atoms with E-state index in [0.717, 1.165) is 36.4 Å². The molecule has 2 heterocycles. The zero-order valence-electron chi connectivity index (χ0n) is 11.0. The van der Waals surface area contributed by atoms with Gasteiger partial charge >= 0.3 is 0 Å². The van der Waals surface area contributed by atoms with Crippen LogP contribution in [-0.4, -0.2) is 53.3 Å². The second kappa shape index (κ2) is 6.86. The van der Waals surface area contributed by atoms with Gasteiger partial charge in [-0.25, -0.2) is 0 Å². The molecule has 2 rings (SSSR count). The third-order valence-corrected chi connectivity index (χ3v) is 5.59. The summed E-state index contributed by atoms with van der Waals surface area (Å²) in [7, 11) is -0.531. The molecule has 17 heavy (non-hydrogen) atoms. The number of nitrogens with one attached hydrogen (secondary N) is 1. The molecule has 100 valence electrons. The van der Waals surface area contributed by atoms with Crippen LogP contribution in [0, 0.1) is 11.8 Å². The minimum absolute atomic E-state index is 0.531. The Morgan fingerprint density at radius 3 is 2.82 bits per heavy atom. The van der Waals surface area contributed by atoms with Crippen LogP contribution in [0.4, 0.5) is 0 Å². The third kappa shape index (κ3) is 4.34. The fourth-order valence-corrected chi connectivity index (χ4v) is 4.01. The minimum Gasteiger partial charge on any atom is -0.316 e. The second-order valence-corrected chi connectivity index (χ2v) is 7.26. The summed E-state index contributed by atoms with van der Waals surface area (Å²) < 4.78 is 11.3. The molecule has 0 spiro atoms. The van der Waals surface area contributed by atoms with Gasteiger partial charge in [0, 0.05) is 35.4 Å². The Morgan fingerprint density at radius 1 is 1.41 bits per heavy atom. The standard InChI is InChI=1S/C13H26N2OS/c1-12(13-3-2-5-14-11-13)4-6-15-7-9-17(16)10-8-15/h12-14H,2-11H2,1H3. The van der Waals surface area contributed by atoms with Crippen LogP contribution in [0.3, 0.4) is 0 Å². The van der Waals surface area contributed by atoms with E-state index in [9.17, 15) is 4.21 Å². The fourth-order valence-electron chi connectivity index (χ4n) is 2.89. The maximum atomic E-state index is 11.3. The molecular formula is C13H26N2OS. The summed E-state index contributed by atoms with van der Waals surface area (Å²) >= 11 is 0. The van der Waals surface area contributed by atoms with Crippen LogP contribution in [0.25, 0.3) is 0 Å². The molecule has 4 heteroatoms. The van der Waals surface area contributed by atoms with Gasteiger partial charge in [-0.3, -0.25) is 4.21 Å². The molecule has 2 aliphatic heterocycles. The highest BCUT2D eigenvalue weighted by molar-refractivity contribution is 7.85. The molecule has 1 N–H and O–H groups in total. The van der Waals surface area contributed by atoms with Crippen molar-refractivity contribution >= 4 is 10.8 Å². The molecule has 0 aromatic rings. The molecule has 0 aliphatic carbocycles. The highest BCUT2D eigenvalue weighted by Gasteiger charge is 2.21. The van der Waals surface area contributed by atoms with E-state index in [4.69, 9.17) is 0 Å². The van der Waals surface area contributed by atoms with Gasteiger partial charge in [0.2, 0.25) is 0 Å². The van der Waals surface area contributed by atoms with Crippen molar-refractivity contribution in [2.45, 2.75) is 26.2 Å². The predicted octanol–water partition coefficient (Wildman–Crippen LogP) is 1.08. The van der Waals surface area contributed by atoms with Crippen LogP contribution < -0.4 is 5.32 Å². The summed E-state index contributed by atoms with van der Waals surface area (Å²) in [5.41, 5.74) is 0. The Bertz CT molecular complexity index is 244. The number of piperidine rings is 1. The van der Waals surface area contributed by atoms with Crippen LogP contribution in [-0.2, 0) is 10.8 Å². The van der Waals surface area contributed by atoms with Crippen molar-refractivity contribution in [3.8, 4) is 0 Å². The Balaban J connectivity index is 1.65. The number of rotatable bonds is 4. The normalized spacial score (nSPS) is 30.3. The molecule has 2 aliphatic rings. The monoisotopic (exact) mass is 258 g/mol. The quantitative estimate of drug-likeness (QED) is 0.819. The Hall–Kier alpha value is 0.0700. The molecule has 3 nitrogen and oxygen atoms in total. The van der Waals surface area contributed by atoms with Crippen molar-refractivity contribution in [3.63, 3.8) is 0 Å². The van der Waals surface area contributed by atoms with Gasteiger partial charge in [-0.15, -0.1) is 0 Å². The molecule has 0 saturated carbocycles. The first-order valence-electron chi connectivity index (χ1n) is 7.04. The highest BCUT2D eigenvalue weighted by Crippen LogP contribution is 2.22. The lowest BCUT2D eigenvalue weighted by Gasteiger charge is -2.31. The zero-order chi connectivity index (χ0) is 12.1. The average Bonchev–Trinajstić information content (AvgIpc) is 2.39. The molecule has 2 saturated heterocycles. The minimum atomic E-state index is -0.531. The second-order valence-electron chi connectivity index (χ2n) is 5.56. The van der Waals surface area contributed by atoms with E-state index in [2.05, 4.69) is 17.1 Å². The molecule has 0 radical (unpaired) electrons. The fraction of sp³-hybridized carbons (Fsp3) is 1.00. The summed E-state index contributed by atoms with van der Waals surface area (Å²) in [6, 6.07) is 0. The summed E-state index contributed by atoms with van der Waals surface area (Å²) in [6.45, 7) is 8.12. The first kappa shape index (κ1) is 13.5. The van der Waals surface area contributed by atoms with Gasteiger partial charge in [-0.1, -0.05) is 6.92 Å². The lowest BCUT2D eigenvalue weighted by atomic mass is 9.85. The van der Waals surface area contributed by atoms with Gasteiger partial charge in [0.25, 0.3) is 0 Å². The van der Waals surface area contributed by atoms with Gasteiger partial charge in [0.05, 0.1) is 0 Å².